The van der Waals surface area contributed by atoms with Crippen LogP contribution in [0.1, 0.15) is 10.4 Å². The fourth-order valence-electron chi connectivity index (χ4n) is 1.74. The van der Waals surface area contributed by atoms with Gasteiger partial charge in [0.25, 0.3) is 0 Å². The van der Waals surface area contributed by atoms with E-state index in [9.17, 15) is 4.79 Å². The molecular weight excluding hydrogens is 272 g/mol. The second-order valence-electron chi connectivity index (χ2n) is 5.90. The summed E-state index contributed by atoms with van der Waals surface area (Å²) in [5.41, 5.74) is 1.34. The van der Waals surface area contributed by atoms with Crippen molar-refractivity contribution in [2.75, 3.05) is 13.4 Å². The molecular formula is C14H20N2O3Si. The smallest absolute Gasteiger partial charge is 0.189 e. The van der Waals surface area contributed by atoms with E-state index in [1.54, 1.807) is 29.0 Å². The van der Waals surface area contributed by atoms with Crippen LogP contribution in [0.2, 0.25) is 25.7 Å². The van der Waals surface area contributed by atoms with Gasteiger partial charge in [-0.25, -0.2) is 4.52 Å². The van der Waals surface area contributed by atoms with Gasteiger partial charge in [-0.3, -0.25) is 4.79 Å². The summed E-state index contributed by atoms with van der Waals surface area (Å²) in [6.07, 6.45) is 4.10. The van der Waals surface area contributed by atoms with Crippen molar-refractivity contribution in [3.63, 3.8) is 0 Å². The summed E-state index contributed by atoms with van der Waals surface area (Å²) in [4.78, 5) is 10.8. The first-order valence-corrected chi connectivity index (χ1v) is 10.3. The number of carbonyl (C=O) groups excluding carboxylic acids is 1. The minimum atomic E-state index is -1.07. The van der Waals surface area contributed by atoms with E-state index in [1.807, 2.05) is 0 Å². The van der Waals surface area contributed by atoms with Crippen LogP contribution in [0.25, 0.3) is 5.52 Å². The number of aldehydes is 1. The quantitative estimate of drug-likeness (QED) is 0.341. The number of rotatable bonds is 7. The zero-order chi connectivity index (χ0) is 14.6. The van der Waals surface area contributed by atoms with Crippen molar-refractivity contribution in [3.8, 4) is 5.75 Å². The predicted octanol–water partition coefficient (Wildman–Crippen LogP) is 2.84. The Hall–Kier alpha value is -1.66. The molecule has 20 heavy (non-hydrogen) atoms. The van der Waals surface area contributed by atoms with E-state index >= 15 is 0 Å². The standard InChI is InChI=1S/C14H20N2O3Si/c1-20(2,3)7-6-18-11-19-14-4-5-15-16-9-12(10-17)8-13(14)16/h4-5,8-10H,6-7,11H2,1-3H3. The van der Waals surface area contributed by atoms with Crippen molar-refractivity contribution in [2.45, 2.75) is 25.7 Å². The molecule has 2 aromatic rings. The lowest BCUT2D eigenvalue weighted by Crippen LogP contribution is -2.22. The monoisotopic (exact) mass is 292 g/mol. The Kier molecular flexibility index (Phi) is 4.56. The lowest BCUT2D eigenvalue weighted by Gasteiger charge is -2.15. The molecule has 0 aliphatic heterocycles. The molecule has 0 N–H and O–H groups in total. The van der Waals surface area contributed by atoms with Crippen LogP contribution >= 0.6 is 0 Å². The maximum Gasteiger partial charge on any atom is 0.189 e. The molecule has 5 nitrogen and oxygen atoms in total. The molecule has 0 aliphatic carbocycles. The molecule has 0 spiro atoms. The molecule has 0 amide bonds. The minimum absolute atomic E-state index is 0.214. The van der Waals surface area contributed by atoms with Gasteiger partial charge in [-0.1, -0.05) is 19.6 Å². The lowest BCUT2D eigenvalue weighted by molar-refractivity contribution is 0.0227. The summed E-state index contributed by atoms with van der Waals surface area (Å²) in [6.45, 7) is 7.87. The molecule has 0 atom stereocenters. The maximum absolute atomic E-state index is 10.8. The van der Waals surface area contributed by atoms with Crippen LogP contribution in [0, 0.1) is 0 Å². The molecule has 0 bridgehead atoms. The van der Waals surface area contributed by atoms with Crippen molar-refractivity contribution in [3.05, 3.63) is 30.1 Å². The molecule has 2 rings (SSSR count). The maximum atomic E-state index is 10.8. The van der Waals surface area contributed by atoms with E-state index in [0.717, 1.165) is 24.5 Å². The molecule has 2 aromatic heterocycles. The van der Waals surface area contributed by atoms with E-state index < -0.39 is 8.07 Å². The van der Waals surface area contributed by atoms with Crippen molar-refractivity contribution in [1.82, 2.24) is 9.61 Å². The van der Waals surface area contributed by atoms with Crippen molar-refractivity contribution in [1.29, 1.82) is 0 Å². The van der Waals surface area contributed by atoms with Crippen LogP contribution in [0.3, 0.4) is 0 Å². The first kappa shape index (κ1) is 14.7. The average Bonchev–Trinajstić information content (AvgIpc) is 2.80. The Bertz CT molecular complexity index is 590. The molecule has 6 heteroatoms. The van der Waals surface area contributed by atoms with Gasteiger partial charge in [0.1, 0.15) is 11.3 Å². The third kappa shape index (κ3) is 3.91. The fourth-order valence-corrected chi connectivity index (χ4v) is 2.50. The van der Waals surface area contributed by atoms with Crippen LogP contribution < -0.4 is 4.74 Å². The lowest BCUT2D eigenvalue weighted by atomic mass is 10.3. The summed E-state index contributed by atoms with van der Waals surface area (Å²) in [6, 6.07) is 4.63. The van der Waals surface area contributed by atoms with E-state index in [4.69, 9.17) is 9.47 Å². The largest absolute Gasteiger partial charge is 0.465 e. The summed E-state index contributed by atoms with van der Waals surface area (Å²) in [5, 5.41) is 4.13. The topological polar surface area (TPSA) is 52.8 Å². The van der Waals surface area contributed by atoms with Gasteiger partial charge >= 0.3 is 0 Å². The van der Waals surface area contributed by atoms with Crippen molar-refractivity contribution >= 4 is 19.9 Å². The number of fused-ring (bicyclic) bond motifs is 1. The van der Waals surface area contributed by atoms with Crippen molar-refractivity contribution in [2.24, 2.45) is 0 Å². The summed E-state index contributed by atoms with van der Waals surface area (Å²) < 4.78 is 12.7. The van der Waals surface area contributed by atoms with Gasteiger partial charge in [-0.05, 0) is 12.1 Å². The number of hydrogen-bond donors (Lipinski definition) is 0. The molecule has 0 radical (unpaired) electrons. The summed E-state index contributed by atoms with van der Waals surface area (Å²) >= 11 is 0. The molecule has 0 unspecified atom stereocenters. The average molecular weight is 292 g/mol. The Morgan fingerprint density at radius 3 is 2.90 bits per heavy atom. The van der Waals surface area contributed by atoms with Gasteiger partial charge in [0.15, 0.2) is 13.1 Å². The highest BCUT2D eigenvalue weighted by Crippen LogP contribution is 2.20. The van der Waals surface area contributed by atoms with Gasteiger partial charge in [-0.15, -0.1) is 0 Å². The summed E-state index contributed by atoms with van der Waals surface area (Å²) in [7, 11) is -1.07. The zero-order valence-electron chi connectivity index (χ0n) is 12.1. The second kappa shape index (κ2) is 6.19. The van der Waals surface area contributed by atoms with E-state index in [2.05, 4.69) is 24.7 Å². The highest BCUT2D eigenvalue weighted by molar-refractivity contribution is 6.76. The SMILES string of the molecule is C[Si](C)(C)CCOCOc1ccnn2cc(C=O)cc12. The molecule has 0 fully saturated rings. The highest BCUT2D eigenvalue weighted by Gasteiger charge is 2.12. The van der Waals surface area contributed by atoms with Gasteiger partial charge in [0.05, 0.1) is 6.20 Å². The molecule has 2 heterocycles. The second-order valence-corrected chi connectivity index (χ2v) is 11.5. The molecule has 0 aromatic carbocycles. The summed E-state index contributed by atoms with van der Waals surface area (Å²) in [5.74, 6) is 0.668. The zero-order valence-corrected chi connectivity index (χ0v) is 13.1. The van der Waals surface area contributed by atoms with E-state index in [0.29, 0.717) is 11.3 Å². The van der Waals surface area contributed by atoms with E-state index in [-0.39, 0.29) is 6.79 Å². The van der Waals surface area contributed by atoms with Gasteiger partial charge in [-0.2, -0.15) is 5.10 Å². The number of aromatic nitrogens is 2. The fraction of sp³-hybridized carbons (Fsp3) is 0.429. The molecule has 108 valence electrons. The van der Waals surface area contributed by atoms with Gasteiger partial charge in [0, 0.05) is 32.5 Å². The number of nitrogens with zero attached hydrogens (tertiary/aromatic N) is 2. The Morgan fingerprint density at radius 1 is 1.40 bits per heavy atom. The predicted molar refractivity (Wildman–Crippen MR) is 80.2 cm³/mol. The highest BCUT2D eigenvalue weighted by atomic mass is 28.3. The normalized spacial score (nSPS) is 11.8. The van der Waals surface area contributed by atoms with Crippen LogP contribution in [-0.4, -0.2) is 37.4 Å². The van der Waals surface area contributed by atoms with Crippen LogP contribution in [0.5, 0.6) is 5.75 Å². The van der Waals surface area contributed by atoms with Crippen LogP contribution in [-0.2, 0) is 4.74 Å². The van der Waals surface area contributed by atoms with Crippen molar-refractivity contribution < 1.29 is 14.3 Å². The van der Waals surface area contributed by atoms with Gasteiger partial charge < -0.3 is 9.47 Å². The van der Waals surface area contributed by atoms with Gasteiger partial charge in [0.2, 0.25) is 0 Å². The minimum Gasteiger partial charge on any atom is -0.465 e. The number of hydrogen-bond acceptors (Lipinski definition) is 4. The first-order valence-electron chi connectivity index (χ1n) is 6.63. The molecule has 0 aliphatic rings. The van der Waals surface area contributed by atoms with E-state index in [1.165, 1.54) is 0 Å². The Morgan fingerprint density at radius 2 is 2.20 bits per heavy atom. The van der Waals surface area contributed by atoms with Crippen LogP contribution in [0.15, 0.2) is 24.5 Å². The third-order valence-electron chi connectivity index (χ3n) is 2.92. The first-order chi connectivity index (χ1) is 9.49. The number of carbonyl (C=O) groups is 1. The third-order valence-corrected chi connectivity index (χ3v) is 4.63. The molecule has 0 saturated heterocycles. The Labute approximate surface area is 119 Å². The van der Waals surface area contributed by atoms with Crippen LogP contribution in [0.4, 0.5) is 0 Å². The Balaban J connectivity index is 1.93. The number of ether oxygens (including phenoxy) is 2. The molecule has 0 saturated carbocycles.